The number of nitrogens with one attached hydrogen (secondary N) is 2. The van der Waals surface area contributed by atoms with Crippen molar-refractivity contribution in [3.8, 4) is 0 Å². The first-order valence-corrected chi connectivity index (χ1v) is 10.3. The van der Waals surface area contributed by atoms with Gasteiger partial charge >= 0.3 is 0 Å². The molecule has 0 bridgehead atoms. The second kappa shape index (κ2) is 7.50. The third kappa shape index (κ3) is 4.07. The third-order valence-corrected chi connectivity index (χ3v) is 6.27. The first kappa shape index (κ1) is 18.5. The largest absolute Gasteiger partial charge is 0.326 e. The van der Waals surface area contributed by atoms with E-state index in [9.17, 15) is 13.2 Å². The van der Waals surface area contributed by atoms with E-state index in [4.69, 9.17) is 0 Å². The van der Waals surface area contributed by atoms with Crippen LogP contribution in [0.15, 0.2) is 47.4 Å². The lowest BCUT2D eigenvalue weighted by Crippen LogP contribution is -2.21. The maximum atomic E-state index is 12.6. The quantitative estimate of drug-likeness (QED) is 0.824. The van der Waals surface area contributed by atoms with E-state index in [0.717, 1.165) is 31.2 Å². The van der Waals surface area contributed by atoms with Gasteiger partial charge in [-0.05, 0) is 56.5 Å². The average molecular weight is 372 g/mol. The summed E-state index contributed by atoms with van der Waals surface area (Å²) in [6.45, 7) is 3.71. The predicted molar refractivity (Wildman–Crippen MR) is 104 cm³/mol. The molecule has 1 aliphatic rings. The molecule has 1 amide bonds. The van der Waals surface area contributed by atoms with E-state index >= 15 is 0 Å². The number of carbonyl (C=O) groups excluding carboxylic acids is 1. The van der Waals surface area contributed by atoms with Gasteiger partial charge in [-0.2, -0.15) is 0 Å². The van der Waals surface area contributed by atoms with Crippen molar-refractivity contribution >= 4 is 27.3 Å². The molecule has 2 aromatic carbocycles. The fourth-order valence-electron chi connectivity index (χ4n) is 3.23. The van der Waals surface area contributed by atoms with Crippen molar-refractivity contribution in [2.45, 2.75) is 44.4 Å². The van der Waals surface area contributed by atoms with E-state index in [2.05, 4.69) is 10.0 Å². The van der Waals surface area contributed by atoms with Gasteiger partial charge in [-0.1, -0.05) is 36.6 Å². The zero-order chi connectivity index (χ0) is 18.7. The van der Waals surface area contributed by atoms with Gasteiger partial charge in [0.1, 0.15) is 0 Å². The Balaban J connectivity index is 1.80. The summed E-state index contributed by atoms with van der Waals surface area (Å²) >= 11 is 0. The van der Waals surface area contributed by atoms with Crippen molar-refractivity contribution in [3.05, 3.63) is 53.6 Å². The lowest BCUT2D eigenvalue weighted by molar-refractivity contribution is -0.119. The molecule has 138 valence electrons. The Morgan fingerprint density at radius 3 is 2.23 bits per heavy atom. The van der Waals surface area contributed by atoms with E-state index < -0.39 is 10.0 Å². The van der Waals surface area contributed by atoms with Crippen molar-refractivity contribution in [1.29, 1.82) is 0 Å². The van der Waals surface area contributed by atoms with Crippen LogP contribution >= 0.6 is 0 Å². The van der Waals surface area contributed by atoms with Gasteiger partial charge in [0.2, 0.25) is 5.91 Å². The highest BCUT2D eigenvalue weighted by molar-refractivity contribution is 7.92. The normalized spacial score (nSPS) is 15.0. The Labute approximate surface area is 154 Å². The van der Waals surface area contributed by atoms with Crippen LogP contribution in [0.5, 0.6) is 0 Å². The van der Waals surface area contributed by atoms with Gasteiger partial charge in [-0.15, -0.1) is 0 Å². The number of carbonyl (C=O) groups is 1. The lowest BCUT2D eigenvalue weighted by Gasteiger charge is -2.16. The molecule has 0 aliphatic heterocycles. The molecule has 0 saturated heterocycles. The van der Waals surface area contributed by atoms with Gasteiger partial charge in [-0.3, -0.25) is 9.52 Å². The summed E-state index contributed by atoms with van der Waals surface area (Å²) in [5.41, 5.74) is 2.81. The molecule has 1 saturated carbocycles. The summed E-state index contributed by atoms with van der Waals surface area (Å²) in [6.07, 6.45) is 4.02. The van der Waals surface area contributed by atoms with Crippen LogP contribution in [0.1, 0.15) is 36.8 Å². The van der Waals surface area contributed by atoms with Crippen LogP contribution in [0.4, 0.5) is 11.4 Å². The highest BCUT2D eigenvalue weighted by Crippen LogP contribution is 2.29. The first-order valence-electron chi connectivity index (χ1n) is 8.87. The van der Waals surface area contributed by atoms with Crippen molar-refractivity contribution < 1.29 is 13.2 Å². The summed E-state index contributed by atoms with van der Waals surface area (Å²) in [4.78, 5) is 12.6. The Hall–Kier alpha value is -2.34. The fourth-order valence-corrected chi connectivity index (χ4v) is 4.35. The van der Waals surface area contributed by atoms with E-state index in [1.807, 2.05) is 6.92 Å². The molecule has 0 aromatic heterocycles. The zero-order valence-corrected chi connectivity index (χ0v) is 15.9. The minimum atomic E-state index is -3.68. The molecule has 0 heterocycles. The van der Waals surface area contributed by atoms with Gasteiger partial charge in [0, 0.05) is 11.6 Å². The molecule has 1 aliphatic carbocycles. The maximum Gasteiger partial charge on any atom is 0.261 e. The van der Waals surface area contributed by atoms with Gasteiger partial charge < -0.3 is 5.32 Å². The molecule has 0 atom stereocenters. The van der Waals surface area contributed by atoms with Crippen LogP contribution in [0.2, 0.25) is 0 Å². The topological polar surface area (TPSA) is 75.3 Å². The molecule has 3 rings (SSSR count). The van der Waals surface area contributed by atoms with Crippen LogP contribution in [-0.4, -0.2) is 14.3 Å². The van der Waals surface area contributed by atoms with Gasteiger partial charge in [0.15, 0.2) is 0 Å². The van der Waals surface area contributed by atoms with Gasteiger partial charge in [-0.25, -0.2) is 8.42 Å². The predicted octanol–water partition coefficient (Wildman–Crippen LogP) is 4.23. The van der Waals surface area contributed by atoms with Gasteiger partial charge in [0.25, 0.3) is 10.0 Å². The number of hydrogen-bond donors (Lipinski definition) is 2. The minimum Gasteiger partial charge on any atom is -0.326 e. The molecule has 6 heteroatoms. The van der Waals surface area contributed by atoms with E-state index in [-0.39, 0.29) is 16.7 Å². The monoisotopic (exact) mass is 372 g/mol. The second-order valence-corrected chi connectivity index (χ2v) is 8.55. The van der Waals surface area contributed by atoms with E-state index in [1.54, 1.807) is 49.4 Å². The summed E-state index contributed by atoms with van der Waals surface area (Å²) in [5.74, 6) is 0.0754. The van der Waals surface area contributed by atoms with Crippen LogP contribution in [0.3, 0.4) is 0 Å². The van der Waals surface area contributed by atoms with Crippen LogP contribution in [0.25, 0.3) is 0 Å². The van der Waals surface area contributed by atoms with Crippen molar-refractivity contribution in [3.63, 3.8) is 0 Å². The molecule has 0 radical (unpaired) electrons. The second-order valence-electron chi connectivity index (χ2n) is 6.87. The first-order chi connectivity index (χ1) is 12.4. The molecular weight excluding hydrogens is 348 g/mol. The lowest BCUT2D eigenvalue weighted by atomic mass is 10.1. The van der Waals surface area contributed by atoms with Crippen molar-refractivity contribution in [2.24, 2.45) is 5.92 Å². The van der Waals surface area contributed by atoms with Crippen molar-refractivity contribution in [2.75, 3.05) is 10.0 Å². The van der Waals surface area contributed by atoms with Crippen LogP contribution < -0.4 is 10.0 Å². The third-order valence-electron chi connectivity index (χ3n) is 4.89. The van der Waals surface area contributed by atoms with Crippen molar-refractivity contribution in [1.82, 2.24) is 0 Å². The summed E-state index contributed by atoms with van der Waals surface area (Å²) < 4.78 is 27.8. The van der Waals surface area contributed by atoms with Gasteiger partial charge in [0.05, 0.1) is 10.6 Å². The molecular formula is C20H24N2O3S. The summed E-state index contributed by atoms with van der Waals surface area (Å²) in [5, 5.41) is 2.95. The van der Waals surface area contributed by atoms with E-state index in [1.165, 1.54) is 0 Å². The Morgan fingerprint density at radius 2 is 1.58 bits per heavy atom. The SMILES string of the molecule is Cc1ccc(S(=O)(=O)Nc2cccc(NC(=O)C3CCCC3)c2C)cc1. The Kier molecular flexibility index (Phi) is 5.32. The number of anilines is 2. The molecule has 0 spiro atoms. The number of sulfonamides is 1. The number of aryl methyl sites for hydroxylation is 1. The average Bonchev–Trinajstić information content (AvgIpc) is 3.13. The molecule has 0 unspecified atom stereocenters. The summed E-state index contributed by atoms with van der Waals surface area (Å²) in [6, 6.07) is 11.9. The van der Waals surface area contributed by atoms with Crippen LogP contribution in [0, 0.1) is 19.8 Å². The van der Waals surface area contributed by atoms with Crippen LogP contribution in [-0.2, 0) is 14.8 Å². The molecule has 1 fully saturated rings. The standard InChI is InChI=1S/C20H24N2O3S/c1-14-10-12-17(13-11-14)26(24,25)22-19-9-5-8-18(15(19)2)21-20(23)16-6-3-4-7-16/h5,8-13,16,22H,3-4,6-7H2,1-2H3,(H,21,23). The zero-order valence-electron chi connectivity index (χ0n) is 15.1. The number of rotatable bonds is 5. The molecule has 2 N–H and O–H groups in total. The smallest absolute Gasteiger partial charge is 0.261 e. The van der Waals surface area contributed by atoms with E-state index in [0.29, 0.717) is 16.9 Å². The number of benzene rings is 2. The molecule has 5 nitrogen and oxygen atoms in total. The highest BCUT2D eigenvalue weighted by Gasteiger charge is 2.23. The number of hydrogen-bond acceptors (Lipinski definition) is 3. The Bertz CT molecular complexity index is 899. The minimum absolute atomic E-state index is 0.0177. The molecule has 2 aromatic rings. The summed E-state index contributed by atoms with van der Waals surface area (Å²) in [7, 11) is -3.68. The number of amides is 1. The maximum absolute atomic E-state index is 12.6. The highest BCUT2D eigenvalue weighted by atomic mass is 32.2. The fraction of sp³-hybridized carbons (Fsp3) is 0.350. The molecule has 26 heavy (non-hydrogen) atoms. The Morgan fingerprint density at radius 1 is 0.962 bits per heavy atom.